The predicted octanol–water partition coefficient (Wildman–Crippen LogP) is 3.28. The molecule has 1 fully saturated rings. The van der Waals surface area contributed by atoms with Crippen LogP contribution in [0.2, 0.25) is 0 Å². The summed E-state index contributed by atoms with van der Waals surface area (Å²) >= 11 is 0. The molecular weight excluding hydrogens is 440 g/mol. The number of hydrogen-bond donors (Lipinski definition) is 3. The number of ether oxygens (including phenoxy) is 1. The third-order valence-corrected chi connectivity index (χ3v) is 6.39. The lowest BCUT2D eigenvalue weighted by Crippen LogP contribution is -3.05. The van der Waals surface area contributed by atoms with Gasteiger partial charge in [-0.3, -0.25) is 9.48 Å². The number of nitrogens with one attached hydrogen (secondary N) is 1. The Morgan fingerprint density at radius 3 is 2.37 bits per heavy atom. The number of aliphatic carboxylic acids is 1. The second-order valence-electron chi connectivity index (χ2n) is 9.42. The van der Waals surface area contributed by atoms with Gasteiger partial charge in [0, 0.05) is 6.42 Å². The Morgan fingerprint density at radius 1 is 1.09 bits per heavy atom. The molecule has 1 heterocycles. The normalized spacial score (nSPS) is 17.4. The summed E-state index contributed by atoms with van der Waals surface area (Å²) in [6.45, 7) is 3.28. The molecule has 1 saturated carbocycles. The van der Waals surface area contributed by atoms with Crippen molar-refractivity contribution in [1.29, 1.82) is 0 Å². The van der Waals surface area contributed by atoms with Gasteiger partial charge >= 0.3 is 5.97 Å². The van der Waals surface area contributed by atoms with Gasteiger partial charge in [-0.25, -0.2) is 0 Å². The van der Waals surface area contributed by atoms with E-state index in [-0.39, 0.29) is 13.3 Å². The first-order chi connectivity index (χ1) is 16.5. The Kier molecular flexibility index (Phi) is 11.7. The molecule has 35 heavy (non-hydrogen) atoms. The highest BCUT2D eigenvalue weighted by Gasteiger charge is 2.24. The zero-order chi connectivity index (χ0) is 24.3. The number of carboxylic acid groups (broad SMARTS) is 1. The molecule has 1 aliphatic rings. The summed E-state index contributed by atoms with van der Waals surface area (Å²) in [4.78, 5) is 12.0. The van der Waals surface area contributed by atoms with Crippen LogP contribution in [-0.4, -0.2) is 54.6 Å². The van der Waals surface area contributed by atoms with Crippen molar-refractivity contribution in [3.63, 3.8) is 0 Å². The Bertz CT molecular complexity index is 1010. The lowest BCUT2D eigenvalue weighted by Gasteiger charge is -2.24. The Hall–Kier alpha value is -2.90. The average Bonchev–Trinajstić information content (AvgIpc) is 3.20. The maximum atomic E-state index is 10.5. The molecule has 4 rings (SSSR count). The van der Waals surface area contributed by atoms with Crippen LogP contribution < -0.4 is 15.4 Å². The monoisotopic (exact) mass is 482 g/mol. The number of quaternary nitrogens is 1. The first kappa shape index (κ1) is 28.3. The fourth-order valence-corrected chi connectivity index (χ4v) is 4.32. The minimum atomic E-state index is -0.638. The van der Waals surface area contributed by atoms with E-state index in [4.69, 9.17) is 15.6 Å². The topological polar surface area (TPSA) is 94.8 Å². The average molecular weight is 483 g/mol. The van der Waals surface area contributed by atoms with E-state index in [1.54, 1.807) is 0 Å². The van der Waals surface area contributed by atoms with Crippen molar-refractivity contribution in [2.75, 3.05) is 33.8 Å². The third-order valence-electron chi connectivity index (χ3n) is 6.39. The van der Waals surface area contributed by atoms with Crippen LogP contribution in [0, 0.1) is 19.3 Å². The summed E-state index contributed by atoms with van der Waals surface area (Å²) in [6.07, 6.45) is 4.65. The molecule has 1 aliphatic carbocycles. The Balaban J connectivity index is 0.000000305. The second kappa shape index (κ2) is 14.5. The SMILES string of the molecule is C[NH+](C)CCCOc1nn(Cc2ccccc2)c2ccccc12.NCC1CCC(C(=O)O)CC1.[CH3-]. The fraction of sp³-hybridized carbons (Fsp3) is 0.464. The van der Waals surface area contributed by atoms with E-state index in [0.717, 1.165) is 62.0 Å². The van der Waals surface area contributed by atoms with E-state index < -0.39 is 5.97 Å². The highest BCUT2D eigenvalue weighted by Crippen LogP contribution is 2.28. The molecule has 2 aromatic carbocycles. The van der Waals surface area contributed by atoms with Crippen molar-refractivity contribution in [2.24, 2.45) is 17.6 Å². The van der Waals surface area contributed by atoms with Crippen molar-refractivity contribution in [1.82, 2.24) is 9.78 Å². The number of hydrogen-bond acceptors (Lipinski definition) is 4. The van der Waals surface area contributed by atoms with E-state index in [0.29, 0.717) is 19.1 Å². The zero-order valence-electron chi connectivity index (χ0n) is 21.5. The Morgan fingerprint density at radius 2 is 1.74 bits per heavy atom. The number of fused-ring (bicyclic) bond motifs is 1. The molecule has 7 heteroatoms. The van der Waals surface area contributed by atoms with Crippen LogP contribution in [0.4, 0.5) is 0 Å². The Labute approximate surface area is 209 Å². The first-order valence-corrected chi connectivity index (χ1v) is 12.3. The smallest absolute Gasteiger partial charge is 0.306 e. The summed E-state index contributed by atoms with van der Waals surface area (Å²) in [6, 6.07) is 18.7. The lowest BCUT2D eigenvalue weighted by molar-refractivity contribution is -0.858. The molecular formula is C28H42N4O3. The van der Waals surface area contributed by atoms with E-state index in [9.17, 15) is 4.79 Å². The van der Waals surface area contributed by atoms with Crippen LogP contribution in [0.15, 0.2) is 54.6 Å². The number of para-hydroxylation sites is 1. The van der Waals surface area contributed by atoms with E-state index >= 15 is 0 Å². The molecule has 0 radical (unpaired) electrons. The molecule has 3 aromatic rings. The molecule has 7 nitrogen and oxygen atoms in total. The van der Waals surface area contributed by atoms with Crippen LogP contribution in [0.25, 0.3) is 10.9 Å². The van der Waals surface area contributed by atoms with Crippen LogP contribution in [0.1, 0.15) is 37.7 Å². The molecule has 192 valence electrons. The molecule has 1 aromatic heterocycles. The molecule has 0 spiro atoms. The standard InChI is InChI=1S/C19H23N3O.C8H15NO2.CH3/c1-21(2)13-8-14-23-19-17-11-6-7-12-18(17)22(20-19)15-16-9-4-3-5-10-16;9-5-6-1-3-7(4-2-6)8(10)11;/h3-7,9-12H,8,13-15H2,1-2H3;6-7H,1-5,9H2,(H,10,11);1H3/q;;-1/p+1. The van der Waals surface area contributed by atoms with Gasteiger partial charge in [-0.05, 0) is 55.8 Å². The minimum Gasteiger partial charge on any atom is -0.481 e. The summed E-state index contributed by atoms with van der Waals surface area (Å²) in [5.41, 5.74) is 7.83. The van der Waals surface area contributed by atoms with Gasteiger partial charge < -0.3 is 27.9 Å². The van der Waals surface area contributed by atoms with Gasteiger partial charge in [0.15, 0.2) is 0 Å². The molecule has 0 amide bonds. The van der Waals surface area contributed by atoms with E-state index in [1.165, 1.54) is 10.5 Å². The number of nitrogens with two attached hydrogens (primary N) is 1. The van der Waals surface area contributed by atoms with Crippen molar-refractivity contribution < 1.29 is 19.5 Å². The maximum absolute atomic E-state index is 10.5. The molecule has 0 unspecified atom stereocenters. The van der Waals surface area contributed by atoms with Crippen molar-refractivity contribution in [3.8, 4) is 5.88 Å². The maximum Gasteiger partial charge on any atom is 0.306 e. The number of carboxylic acids is 1. The van der Waals surface area contributed by atoms with Crippen molar-refractivity contribution in [2.45, 2.75) is 38.6 Å². The molecule has 0 aliphatic heterocycles. The largest absolute Gasteiger partial charge is 0.481 e. The zero-order valence-corrected chi connectivity index (χ0v) is 21.5. The van der Waals surface area contributed by atoms with Crippen molar-refractivity contribution >= 4 is 16.9 Å². The highest BCUT2D eigenvalue weighted by atomic mass is 16.5. The third kappa shape index (κ3) is 8.67. The van der Waals surface area contributed by atoms with Gasteiger partial charge in [-0.1, -0.05) is 42.5 Å². The summed E-state index contributed by atoms with van der Waals surface area (Å²) in [7, 11) is 4.31. The molecule has 0 atom stereocenters. The van der Waals surface area contributed by atoms with Gasteiger partial charge in [0.2, 0.25) is 5.88 Å². The van der Waals surface area contributed by atoms with E-state index in [2.05, 4.69) is 55.6 Å². The van der Waals surface area contributed by atoms with Crippen molar-refractivity contribution in [3.05, 3.63) is 67.6 Å². The number of carbonyl (C=O) groups is 1. The molecule has 0 saturated heterocycles. The summed E-state index contributed by atoms with van der Waals surface area (Å²) in [5, 5.41) is 14.4. The van der Waals surface area contributed by atoms with Gasteiger partial charge in [0.05, 0.1) is 50.6 Å². The number of nitrogens with zero attached hydrogens (tertiary/aromatic N) is 2. The van der Waals surface area contributed by atoms with Gasteiger partial charge in [-0.2, -0.15) is 0 Å². The van der Waals surface area contributed by atoms with Crippen LogP contribution >= 0.6 is 0 Å². The molecule has 4 N–H and O–H groups in total. The van der Waals surface area contributed by atoms with Crippen LogP contribution in [0.5, 0.6) is 5.88 Å². The first-order valence-electron chi connectivity index (χ1n) is 12.3. The quantitative estimate of drug-likeness (QED) is 0.321. The van der Waals surface area contributed by atoms with Gasteiger partial charge in [-0.15, -0.1) is 5.10 Å². The molecule has 0 bridgehead atoms. The summed E-state index contributed by atoms with van der Waals surface area (Å²) < 4.78 is 7.97. The number of benzene rings is 2. The predicted molar refractivity (Wildman–Crippen MR) is 142 cm³/mol. The van der Waals surface area contributed by atoms with Gasteiger partial charge in [0.25, 0.3) is 0 Å². The fourth-order valence-electron chi connectivity index (χ4n) is 4.32. The van der Waals surface area contributed by atoms with Gasteiger partial charge in [0.1, 0.15) is 0 Å². The number of rotatable bonds is 9. The highest BCUT2D eigenvalue weighted by molar-refractivity contribution is 5.84. The van der Waals surface area contributed by atoms with Crippen LogP contribution in [-0.2, 0) is 11.3 Å². The minimum absolute atomic E-state index is 0. The summed E-state index contributed by atoms with van der Waals surface area (Å²) in [5.74, 6) is 0.578. The van der Waals surface area contributed by atoms with E-state index in [1.807, 2.05) is 22.9 Å². The lowest BCUT2D eigenvalue weighted by atomic mass is 9.82. The van der Waals surface area contributed by atoms with Crippen LogP contribution in [0.3, 0.4) is 0 Å². The second-order valence-corrected chi connectivity index (χ2v) is 9.42. The number of aromatic nitrogens is 2.